The maximum absolute atomic E-state index is 13.0. The van der Waals surface area contributed by atoms with Crippen LogP contribution in [0.5, 0.6) is 5.75 Å². The molecule has 1 saturated heterocycles. The van der Waals surface area contributed by atoms with Crippen LogP contribution in [0.25, 0.3) is 5.69 Å². The molecule has 0 saturated carbocycles. The molecule has 0 amide bonds. The van der Waals surface area contributed by atoms with E-state index < -0.39 is 6.61 Å². The Bertz CT molecular complexity index is 1180. The Morgan fingerprint density at radius 1 is 1.33 bits per heavy atom. The van der Waals surface area contributed by atoms with Gasteiger partial charge >= 0.3 is 12.3 Å². The third kappa shape index (κ3) is 5.19. The number of aromatic nitrogens is 4. The zero-order chi connectivity index (χ0) is 23.5. The van der Waals surface area contributed by atoms with Crippen molar-refractivity contribution in [3.8, 4) is 11.4 Å². The summed E-state index contributed by atoms with van der Waals surface area (Å²) in [5.74, 6) is 0.0782. The molecule has 1 fully saturated rings. The Hall–Kier alpha value is -2.92. The second-order valence-electron chi connectivity index (χ2n) is 7.76. The van der Waals surface area contributed by atoms with Gasteiger partial charge in [0.1, 0.15) is 5.75 Å². The molecule has 3 heterocycles. The van der Waals surface area contributed by atoms with Gasteiger partial charge in [0.25, 0.3) is 0 Å². The average Bonchev–Trinajstić information content (AvgIpc) is 3.48. The van der Waals surface area contributed by atoms with Gasteiger partial charge in [-0.05, 0) is 57.0 Å². The van der Waals surface area contributed by atoms with E-state index in [2.05, 4.69) is 14.9 Å². The first-order valence-electron chi connectivity index (χ1n) is 10.5. The summed E-state index contributed by atoms with van der Waals surface area (Å²) in [6.45, 7) is 1.91. The molecule has 4 rings (SSSR count). The number of carbonyl (C=O) groups is 1. The Morgan fingerprint density at radius 3 is 2.76 bits per heavy atom. The van der Waals surface area contributed by atoms with Gasteiger partial charge in [0.2, 0.25) is 0 Å². The van der Waals surface area contributed by atoms with E-state index in [0.29, 0.717) is 23.9 Å². The predicted octanol–water partition coefficient (Wildman–Crippen LogP) is 3.73. The molecule has 1 N–H and O–H groups in total. The number of nitrogens with zero attached hydrogens (tertiary/aromatic N) is 3. The number of rotatable bonds is 9. The summed E-state index contributed by atoms with van der Waals surface area (Å²) in [5.41, 5.74) is 2.53. The van der Waals surface area contributed by atoms with Gasteiger partial charge in [0, 0.05) is 29.2 Å². The summed E-state index contributed by atoms with van der Waals surface area (Å²) < 4.78 is 38.2. The van der Waals surface area contributed by atoms with Gasteiger partial charge in [-0.3, -0.25) is 9.36 Å². The van der Waals surface area contributed by atoms with Gasteiger partial charge in [-0.2, -0.15) is 8.78 Å². The van der Waals surface area contributed by atoms with Crippen molar-refractivity contribution in [3.05, 3.63) is 57.8 Å². The molecule has 1 aromatic carbocycles. The number of aromatic amines is 1. The fraction of sp³-hybridized carbons (Fsp3) is 0.409. The second kappa shape index (κ2) is 9.92. The first-order chi connectivity index (χ1) is 15.8. The van der Waals surface area contributed by atoms with Gasteiger partial charge in [0.15, 0.2) is 10.9 Å². The van der Waals surface area contributed by atoms with Crippen molar-refractivity contribution < 1.29 is 23.0 Å². The van der Waals surface area contributed by atoms with Crippen LogP contribution in [-0.4, -0.2) is 50.2 Å². The lowest BCUT2D eigenvalue weighted by Crippen LogP contribution is -2.25. The maximum Gasteiger partial charge on any atom is 0.387 e. The first kappa shape index (κ1) is 23.2. The molecule has 0 spiro atoms. The van der Waals surface area contributed by atoms with Crippen molar-refractivity contribution in [3.63, 3.8) is 0 Å². The molecule has 1 atom stereocenters. The minimum absolute atomic E-state index is 0.0215. The number of hydrogen-bond acceptors (Lipinski definition) is 6. The minimum atomic E-state index is -2.88. The Kier molecular flexibility index (Phi) is 6.99. The number of hydrogen-bond donors (Lipinski definition) is 1. The standard InChI is InChI=1S/C22H24F2N4O4S/c1-13-10-18(14(2)28(13)15-5-7-16(8-6-15)32-20(23)24)19(29)12-33-22-26-25-21(30)27(22)11-17-4-3-9-31-17/h5-8,10,17,20H,3-4,9,11-12H2,1-2H3,(H,25,30). The van der Waals surface area contributed by atoms with Crippen LogP contribution < -0.4 is 10.4 Å². The van der Waals surface area contributed by atoms with E-state index in [0.717, 1.165) is 29.9 Å². The van der Waals surface area contributed by atoms with Crippen LogP contribution in [0.2, 0.25) is 0 Å². The predicted molar refractivity (Wildman–Crippen MR) is 119 cm³/mol. The molecule has 1 aliphatic heterocycles. The van der Waals surface area contributed by atoms with Crippen molar-refractivity contribution in [1.29, 1.82) is 0 Å². The third-order valence-corrected chi connectivity index (χ3v) is 6.49. The number of ether oxygens (including phenoxy) is 2. The molecule has 33 heavy (non-hydrogen) atoms. The van der Waals surface area contributed by atoms with E-state index in [1.807, 2.05) is 18.4 Å². The van der Waals surface area contributed by atoms with Crippen molar-refractivity contribution in [2.24, 2.45) is 0 Å². The van der Waals surface area contributed by atoms with E-state index >= 15 is 0 Å². The largest absolute Gasteiger partial charge is 0.435 e. The number of aryl methyl sites for hydroxylation is 1. The summed E-state index contributed by atoms with van der Waals surface area (Å²) in [7, 11) is 0. The number of alkyl halides is 2. The topological polar surface area (TPSA) is 91.1 Å². The molecule has 2 aromatic heterocycles. The van der Waals surface area contributed by atoms with E-state index in [-0.39, 0.29) is 29.1 Å². The number of carbonyl (C=O) groups excluding carboxylic acids is 1. The van der Waals surface area contributed by atoms with E-state index in [1.54, 1.807) is 18.2 Å². The van der Waals surface area contributed by atoms with Gasteiger partial charge in [-0.15, -0.1) is 5.10 Å². The highest BCUT2D eigenvalue weighted by molar-refractivity contribution is 7.99. The van der Waals surface area contributed by atoms with Crippen LogP contribution in [0, 0.1) is 13.8 Å². The number of Topliss-reactive ketones (excluding diaryl/α,β-unsaturated/α-hetero) is 1. The van der Waals surface area contributed by atoms with E-state index in [4.69, 9.17) is 4.74 Å². The number of nitrogens with one attached hydrogen (secondary N) is 1. The van der Waals surface area contributed by atoms with Crippen LogP contribution in [0.1, 0.15) is 34.6 Å². The van der Waals surface area contributed by atoms with Crippen LogP contribution in [-0.2, 0) is 11.3 Å². The highest BCUT2D eigenvalue weighted by Gasteiger charge is 2.22. The number of ketones is 1. The summed E-state index contributed by atoms with van der Waals surface area (Å²) in [6, 6.07) is 8.04. The highest BCUT2D eigenvalue weighted by Crippen LogP contribution is 2.25. The SMILES string of the molecule is Cc1cc(C(=O)CSc2n[nH]c(=O)n2CC2CCCO2)c(C)n1-c1ccc(OC(F)F)cc1. The maximum atomic E-state index is 13.0. The van der Waals surface area contributed by atoms with Crippen LogP contribution >= 0.6 is 11.8 Å². The Labute approximate surface area is 192 Å². The van der Waals surface area contributed by atoms with Crippen LogP contribution in [0.3, 0.4) is 0 Å². The minimum Gasteiger partial charge on any atom is -0.435 e. The number of halogens is 2. The zero-order valence-electron chi connectivity index (χ0n) is 18.2. The van der Waals surface area contributed by atoms with E-state index in [1.165, 1.54) is 28.5 Å². The second-order valence-corrected chi connectivity index (χ2v) is 8.70. The van der Waals surface area contributed by atoms with E-state index in [9.17, 15) is 18.4 Å². The number of H-pyrrole nitrogens is 1. The molecule has 0 aliphatic carbocycles. The molecule has 8 nitrogen and oxygen atoms in total. The average molecular weight is 479 g/mol. The zero-order valence-corrected chi connectivity index (χ0v) is 19.0. The molecular weight excluding hydrogens is 454 g/mol. The van der Waals surface area contributed by atoms with Crippen molar-refractivity contribution in [2.75, 3.05) is 12.4 Å². The summed E-state index contributed by atoms with van der Waals surface area (Å²) in [5, 5.41) is 6.95. The van der Waals surface area contributed by atoms with Crippen molar-refractivity contribution in [1.82, 2.24) is 19.3 Å². The molecule has 3 aromatic rings. The van der Waals surface area contributed by atoms with Crippen molar-refractivity contribution >= 4 is 17.5 Å². The quantitative estimate of drug-likeness (QED) is 0.372. The highest BCUT2D eigenvalue weighted by atomic mass is 32.2. The van der Waals surface area contributed by atoms with Crippen LogP contribution in [0.4, 0.5) is 8.78 Å². The van der Waals surface area contributed by atoms with Gasteiger partial charge < -0.3 is 14.0 Å². The fourth-order valence-electron chi connectivity index (χ4n) is 3.99. The lowest BCUT2D eigenvalue weighted by Gasteiger charge is -2.12. The van der Waals surface area contributed by atoms with Crippen LogP contribution in [0.15, 0.2) is 40.3 Å². The molecule has 1 aliphatic rings. The van der Waals surface area contributed by atoms with Gasteiger partial charge in [-0.25, -0.2) is 9.89 Å². The van der Waals surface area contributed by atoms with Gasteiger partial charge in [0.05, 0.1) is 18.4 Å². The first-order valence-corrected chi connectivity index (χ1v) is 11.5. The number of thioether (sulfide) groups is 1. The lowest BCUT2D eigenvalue weighted by molar-refractivity contribution is -0.0498. The third-order valence-electron chi connectivity index (χ3n) is 5.52. The summed E-state index contributed by atoms with van der Waals surface area (Å²) in [4.78, 5) is 25.1. The fourth-order valence-corrected chi connectivity index (χ4v) is 4.83. The monoisotopic (exact) mass is 478 g/mol. The van der Waals surface area contributed by atoms with Crippen molar-refractivity contribution in [2.45, 2.75) is 51.1 Å². The smallest absolute Gasteiger partial charge is 0.387 e. The molecule has 1 unspecified atom stereocenters. The number of benzene rings is 1. The molecule has 176 valence electrons. The van der Waals surface area contributed by atoms with Gasteiger partial charge in [-0.1, -0.05) is 11.8 Å². The summed E-state index contributed by atoms with van der Waals surface area (Å²) in [6.07, 6.45) is 1.84. The summed E-state index contributed by atoms with van der Waals surface area (Å²) >= 11 is 1.20. The Morgan fingerprint density at radius 2 is 2.09 bits per heavy atom. The molecular formula is C22H24F2N4O4S. The Balaban J connectivity index is 1.47. The molecule has 0 radical (unpaired) electrons. The molecule has 11 heteroatoms. The normalized spacial score (nSPS) is 16.0. The molecule has 0 bridgehead atoms. The lowest BCUT2D eigenvalue weighted by atomic mass is 10.2.